The summed E-state index contributed by atoms with van der Waals surface area (Å²) in [6.07, 6.45) is 2.13. The van der Waals surface area contributed by atoms with Crippen LogP contribution in [0, 0.1) is 0 Å². The van der Waals surface area contributed by atoms with Crippen molar-refractivity contribution >= 4 is 29.9 Å². The van der Waals surface area contributed by atoms with Crippen molar-refractivity contribution < 1.29 is 4.74 Å². The standard InChI is InChI=1S/C21H39N5O.HI/c1-19(26(4)18-20-10-7-6-8-11-20)12-13-23-21(22-2)24-14-16-25(3)15-9-17-27-5;/h6-8,10-11,19H,9,12-18H2,1-5H3,(H2,22,23,24);1H. The van der Waals surface area contributed by atoms with Crippen LogP contribution in [-0.2, 0) is 11.3 Å². The van der Waals surface area contributed by atoms with Crippen LogP contribution in [0.15, 0.2) is 35.3 Å². The van der Waals surface area contributed by atoms with Crippen LogP contribution in [0.5, 0.6) is 0 Å². The summed E-state index contributed by atoms with van der Waals surface area (Å²) in [5, 5.41) is 6.80. The van der Waals surface area contributed by atoms with Gasteiger partial charge in [-0.1, -0.05) is 30.3 Å². The fourth-order valence-electron chi connectivity index (χ4n) is 2.82. The zero-order chi connectivity index (χ0) is 19.9. The van der Waals surface area contributed by atoms with Gasteiger partial charge in [-0.05, 0) is 39.4 Å². The quantitative estimate of drug-likeness (QED) is 0.187. The molecule has 6 nitrogen and oxygen atoms in total. The molecule has 0 fully saturated rings. The first-order valence-electron chi connectivity index (χ1n) is 9.93. The number of benzene rings is 1. The van der Waals surface area contributed by atoms with E-state index in [0.29, 0.717) is 6.04 Å². The second-order valence-electron chi connectivity index (χ2n) is 7.11. The van der Waals surface area contributed by atoms with Gasteiger partial charge in [-0.25, -0.2) is 0 Å². The lowest BCUT2D eigenvalue weighted by Gasteiger charge is -2.25. The highest BCUT2D eigenvalue weighted by molar-refractivity contribution is 14.0. The summed E-state index contributed by atoms with van der Waals surface area (Å²) in [5.41, 5.74) is 1.35. The Labute approximate surface area is 189 Å². The third kappa shape index (κ3) is 12.5. The number of ether oxygens (including phenoxy) is 1. The first-order valence-corrected chi connectivity index (χ1v) is 9.93. The van der Waals surface area contributed by atoms with E-state index in [9.17, 15) is 0 Å². The topological polar surface area (TPSA) is 52.1 Å². The summed E-state index contributed by atoms with van der Waals surface area (Å²) in [5.74, 6) is 0.873. The Morgan fingerprint density at radius 2 is 1.79 bits per heavy atom. The molecule has 1 aromatic rings. The molecular formula is C21H40IN5O. The van der Waals surface area contributed by atoms with Crippen molar-refractivity contribution in [2.24, 2.45) is 4.99 Å². The van der Waals surface area contributed by atoms with Crippen LogP contribution in [0.2, 0.25) is 0 Å². The predicted octanol–water partition coefficient (Wildman–Crippen LogP) is 2.65. The van der Waals surface area contributed by atoms with Gasteiger partial charge in [0.05, 0.1) is 0 Å². The number of nitrogens with zero attached hydrogens (tertiary/aromatic N) is 3. The summed E-state index contributed by atoms with van der Waals surface area (Å²) < 4.78 is 5.09. The van der Waals surface area contributed by atoms with Gasteiger partial charge in [0.1, 0.15) is 0 Å². The number of aliphatic imine (C=N–C) groups is 1. The second kappa shape index (κ2) is 17.0. The Hall–Kier alpha value is -0.900. The minimum Gasteiger partial charge on any atom is -0.385 e. The minimum atomic E-state index is 0. The molecule has 0 aliphatic carbocycles. The number of methoxy groups -OCH3 is 1. The molecule has 0 radical (unpaired) electrons. The molecular weight excluding hydrogens is 465 g/mol. The molecule has 0 amide bonds. The SMILES string of the molecule is CN=C(NCCC(C)N(C)Cc1ccccc1)NCCN(C)CCCOC.I. The number of nitrogens with one attached hydrogen (secondary N) is 2. The maximum absolute atomic E-state index is 5.09. The van der Waals surface area contributed by atoms with Crippen LogP contribution in [0.1, 0.15) is 25.3 Å². The highest BCUT2D eigenvalue weighted by atomic mass is 127. The first kappa shape index (κ1) is 27.1. The Balaban J connectivity index is 0.00000729. The van der Waals surface area contributed by atoms with Crippen LogP contribution in [-0.4, -0.2) is 82.8 Å². The van der Waals surface area contributed by atoms with Crippen molar-refractivity contribution in [3.05, 3.63) is 35.9 Å². The molecule has 0 saturated carbocycles. The molecule has 0 spiro atoms. The van der Waals surface area contributed by atoms with Crippen LogP contribution in [0.3, 0.4) is 0 Å². The van der Waals surface area contributed by atoms with Crippen molar-refractivity contribution in [3.8, 4) is 0 Å². The molecule has 28 heavy (non-hydrogen) atoms. The molecule has 1 unspecified atom stereocenters. The van der Waals surface area contributed by atoms with Crippen molar-refractivity contribution in [1.82, 2.24) is 20.4 Å². The van der Waals surface area contributed by atoms with Crippen molar-refractivity contribution in [2.75, 3.05) is 61.0 Å². The Morgan fingerprint density at radius 1 is 1.11 bits per heavy atom. The molecule has 1 atom stereocenters. The average Bonchev–Trinajstić information content (AvgIpc) is 2.67. The average molecular weight is 505 g/mol. The molecule has 0 aliphatic heterocycles. The van der Waals surface area contributed by atoms with Crippen LogP contribution in [0.4, 0.5) is 0 Å². The minimum absolute atomic E-state index is 0. The zero-order valence-corrected chi connectivity index (χ0v) is 20.6. The van der Waals surface area contributed by atoms with Crippen molar-refractivity contribution in [2.45, 2.75) is 32.4 Å². The van der Waals surface area contributed by atoms with Crippen molar-refractivity contribution in [3.63, 3.8) is 0 Å². The van der Waals surface area contributed by atoms with E-state index in [4.69, 9.17) is 4.74 Å². The highest BCUT2D eigenvalue weighted by Crippen LogP contribution is 2.07. The summed E-state index contributed by atoms with van der Waals surface area (Å²) in [6, 6.07) is 11.1. The van der Waals surface area contributed by atoms with Gasteiger partial charge < -0.3 is 20.3 Å². The van der Waals surface area contributed by atoms with E-state index in [2.05, 4.69) is 76.8 Å². The van der Waals surface area contributed by atoms with E-state index in [0.717, 1.165) is 58.1 Å². The van der Waals surface area contributed by atoms with Gasteiger partial charge in [0, 0.05) is 59.5 Å². The van der Waals surface area contributed by atoms with Crippen molar-refractivity contribution in [1.29, 1.82) is 0 Å². The molecule has 7 heteroatoms. The number of guanidine groups is 1. The zero-order valence-electron chi connectivity index (χ0n) is 18.3. The highest BCUT2D eigenvalue weighted by Gasteiger charge is 2.09. The molecule has 0 aromatic heterocycles. The normalized spacial score (nSPS) is 12.8. The number of likely N-dealkylation sites (N-methyl/N-ethyl adjacent to an activating group) is 1. The Morgan fingerprint density at radius 3 is 2.43 bits per heavy atom. The molecule has 1 aromatic carbocycles. The summed E-state index contributed by atoms with van der Waals surface area (Å²) >= 11 is 0. The molecule has 0 bridgehead atoms. The van der Waals surface area contributed by atoms with Gasteiger partial charge >= 0.3 is 0 Å². The van der Waals surface area contributed by atoms with E-state index in [1.54, 1.807) is 7.11 Å². The third-order valence-corrected chi connectivity index (χ3v) is 4.78. The first-order chi connectivity index (χ1) is 13.1. The van der Waals surface area contributed by atoms with Crippen LogP contribution < -0.4 is 10.6 Å². The predicted molar refractivity (Wildman–Crippen MR) is 131 cm³/mol. The molecule has 1 rings (SSSR count). The summed E-state index contributed by atoms with van der Waals surface area (Å²) in [6.45, 7) is 7.89. The second-order valence-corrected chi connectivity index (χ2v) is 7.11. The molecule has 2 N–H and O–H groups in total. The molecule has 0 aliphatic rings. The summed E-state index contributed by atoms with van der Waals surface area (Å²) in [7, 11) is 7.89. The lowest BCUT2D eigenvalue weighted by molar-refractivity contribution is 0.180. The van der Waals surface area contributed by atoms with Gasteiger partial charge in [0.2, 0.25) is 0 Å². The molecule has 0 saturated heterocycles. The van der Waals surface area contributed by atoms with Crippen LogP contribution >= 0.6 is 24.0 Å². The van der Waals surface area contributed by atoms with E-state index in [1.807, 2.05) is 7.05 Å². The van der Waals surface area contributed by atoms with Gasteiger partial charge in [0.25, 0.3) is 0 Å². The number of hydrogen-bond acceptors (Lipinski definition) is 4. The fourth-order valence-corrected chi connectivity index (χ4v) is 2.82. The van der Waals surface area contributed by atoms with Gasteiger partial charge in [-0.3, -0.25) is 9.89 Å². The van der Waals surface area contributed by atoms with Gasteiger partial charge in [0.15, 0.2) is 5.96 Å². The lowest BCUT2D eigenvalue weighted by Crippen LogP contribution is -2.42. The Kier molecular flexibility index (Phi) is 16.5. The largest absolute Gasteiger partial charge is 0.385 e. The monoisotopic (exact) mass is 505 g/mol. The third-order valence-electron chi connectivity index (χ3n) is 4.78. The van der Waals surface area contributed by atoms with Gasteiger partial charge in [-0.15, -0.1) is 24.0 Å². The summed E-state index contributed by atoms with van der Waals surface area (Å²) in [4.78, 5) is 9.01. The van der Waals surface area contributed by atoms with E-state index >= 15 is 0 Å². The maximum Gasteiger partial charge on any atom is 0.191 e. The van der Waals surface area contributed by atoms with E-state index in [1.165, 1.54) is 5.56 Å². The lowest BCUT2D eigenvalue weighted by atomic mass is 10.1. The number of rotatable bonds is 13. The Bertz CT molecular complexity index is 515. The van der Waals surface area contributed by atoms with E-state index in [-0.39, 0.29) is 24.0 Å². The number of hydrogen-bond donors (Lipinski definition) is 2. The van der Waals surface area contributed by atoms with Crippen LogP contribution in [0.25, 0.3) is 0 Å². The number of halogens is 1. The van der Waals surface area contributed by atoms with E-state index < -0.39 is 0 Å². The molecule has 162 valence electrons. The molecule has 0 heterocycles. The fraction of sp³-hybridized carbons (Fsp3) is 0.667. The smallest absolute Gasteiger partial charge is 0.191 e. The maximum atomic E-state index is 5.09. The van der Waals surface area contributed by atoms with Gasteiger partial charge in [-0.2, -0.15) is 0 Å².